The van der Waals surface area contributed by atoms with Crippen molar-refractivity contribution in [1.82, 2.24) is 0 Å². The summed E-state index contributed by atoms with van der Waals surface area (Å²) >= 11 is 0. The van der Waals surface area contributed by atoms with E-state index in [0.29, 0.717) is 25.7 Å². The van der Waals surface area contributed by atoms with Crippen molar-refractivity contribution in [2.75, 3.05) is 13.2 Å². The van der Waals surface area contributed by atoms with E-state index in [1.54, 1.807) is 6.92 Å². The SMILES string of the molecule is C[C@H](CO)CC[C@H](O)[C@@H](C)[C@H]1[C@H](O)C[C@H]2[C@H]3CC=C4C[C@H](O[C@H]5O[C@@H](CO)[C@H](O)[C@@H](O)[C@@H]5O)C[C@H](O[C@H]5O[C@@H](C)[C@H](O)[C@@H](O)[C@@H]5O)[C@]4(C)[C@@H]3CC[C@@]12C. The van der Waals surface area contributed by atoms with Crippen LogP contribution in [-0.4, -0.2) is 150 Å². The molecule has 4 aliphatic carbocycles. The molecular weight excluding hydrogens is 692 g/mol. The maximum absolute atomic E-state index is 11.7. The molecule has 3 saturated carbocycles. The summed E-state index contributed by atoms with van der Waals surface area (Å²) in [6, 6.07) is 0. The maximum atomic E-state index is 11.7. The highest BCUT2D eigenvalue weighted by Crippen LogP contribution is 2.68. The molecule has 306 valence electrons. The standard InChI is InChI=1S/C39H66O14/c1-17(15-40)6-9-25(42)18(2)29-26(43)14-24-22-8-7-20-12-21(51-37-35(49)33(47)31(45)27(16-41)52-37)13-28(39(20,5)23(22)10-11-38(24,29)4)53-36-34(48)32(46)30(44)19(3)50-36/h7,17-19,21-37,40-49H,6,8-16H2,1-5H3/t17-,18+,19-,21-,22-,23+,24-,25-,26+,27-,28-,29-,30-,31-,32+,33+,34-,35-,36+,37-,38+,39-/m0/s1. The first-order valence-electron chi connectivity index (χ1n) is 19.9. The second kappa shape index (κ2) is 16.2. The Hall–Kier alpha value is -0.820. The molecule has 6 rings (SSSR count). The quantitative estimate of drug-likeness (QED) is 0.124. The van der Waals surface area contributed by atoms with E-state index in [2.05, 4.69) is 19.9 Å². The van der Waals surface area contributed by atoms with Crippen LogP contribution in [0.5, 0.6) is 0 Å². The molecule has 14 nitrogen and oxygen atoms in total. The minimum absolute atomic E-state index is 0.0724. The summed E-state index contributed by atoms with van der Waals surface area (Å²) in [7, 11) is 0. The van der Waals surface area contributed by atoms with Crippen LogP contribution in [0.4, 0.5) is 0 Å². The molecule has 5 fully saturated rings. The first-order chi connectivity index (χ1) is 25.0. The van der Waals surface area contributed by atoms with Crippen molar-refractivity contribution in [2.45, 2.75) is 172 Å². The molecule has 0 bridgehead atoms. The highest BCUT2D eigenvalue weighted by Gasteiger charge is 2.64. The molecule has 10 N–H and O–H groups in total. The number of fused-ring (bicyclic) bond motifs is 5. The second-order valence-electron chi connectivity index (χ2n) is 18.0. The van der Waals surface area contributed by atoms with Gasteiger partial charge in [0, 0.05) is 18.4 Å². The van der Waals surface area contributed by atoms with Gasteiger partial charge in [0.15, 0.2) is 12.6 Å². The summed E-state index contributed by atoms with van der Waals surface area (Å²) in [5.74, 6) is 0.313. The van der Waals surface area contributed by atoms with Crippen LogP contribution in [-0.2, 0) is 18.9 Å². The molecule has 0 spiro atoms. The lowest BCUT2D eigenvalue weighted by Gasteiger charge is -2.61. The largest absolute Gasteiger partial charge is 0.396 e. The number of aliphatic hydroxyl groups excluding tert-OH is 10. The predicted molar refractivity (Wildman–Crippen MR) is 188 cm³/mol. The first-order valence-corrected chi connectivity index (χ1v) is 19.9. The molecule has 2 aliphatic heterocycles. The topological polar surface area (TPSA) is 239 Å². The fourth-order valence-corrected chi connectivity index (χ4v) is 11.7. The number of hydrogen-bond acceptors (Lipinski definition) is 14. The van der Waals surface area contributed by atoms with Gasteiger partial charge in [0.05, 0.1) is 37.1 Å². The molecule has 2 heterocycles. The van der Waals surface area contributed by atoms with Crippen LogP contribution in [0, 0.1) is 46.3 Å². The van der Waals surface area contributed by atoms with Crippen LogP contribution in [0.3, 0.4) is 0 Å². The molecule has 0 aromatic carbocycles. The number of aliphatic hydroxyl groups is 10. The zero-order chi connectivity index (χ0) is 38.7. The monoisotopic (exact) mass is 758 g/mol. The van der Waals surface area contributed by atoms with Crippen molar-refractivity contribution in [3.8, 4) is 0 Å². The Bertz CT molecular complexity index is 1270. The van der Waals surface area contributed by atoms with Gasteiger partial charge in [-0.15, -0.1) is 0 Å². The van der Waals surface area contributed by atoms with Gasteiger partial charge in [0.25, 0.3) is 0 Å². The van der Waals surface area contributed by atoms with Crippen LogP contribution in [0.2, 0.25) is 0 Å². The Kier molecular flexibility index (Phi) is 12.8. The predicted octanol–water partition coefficient (Wildman–Crippen LogP) is -0.0505. The van der Waals surface area contributed by atoms with E-state index in [1.807, 2.05) is 13.8 Å². The van der Waals surface area contributed by atoms with Crippen molar-refractivity contribution in [3.05, 3.63) is 11.6 Å². The smallest absolute Gasteiger partial charge is 0.186 e. The van der Waals surface area contributed by atoms with Crippen molar-refractivity contribution in [2.24, 2.45) is 46.3 Å². The van der Waals surface area contributed by atoms with E-state index in [4.69, 9.17) is 18.9 Å². The van der Waals surface area contributed by atoms with E-state index in [9.17, 15) is 51.1 Å². The molecule has 0 unspecified atom stereocenters. The van der Waals surface area contributed by atoms with Gasteiger partial charge in [-0.2, -0.15) is 0 Å². The summed E-state index contributed by atoms with van der Waals surface area (Å²) < 4.78 is 24.6. The summed E-state index contributed by atoms with van der Waals surface area (Å²) in [6.45, 7) is 9.52. The third-order valence-electron chi connectivity index (χ3n) is 15.0. The van der Waals surface area contributed by atoms with Gasteiger partial charge in [-0.05, 0) is 92.8 Å². The Balaban J connectivity index is 1.28. The van der Waals surface area contributed by atoms with E-state index >= 15 is 0 Å². The third-order valence-corrected chi connectivity index (χ3v) is 15.0. The molecule has 0 aromatic rings. The van der Waals surface area contributed by atoms with Crippen molar-refractivity contribution < 1.29 is 70.0 Å². The number of ether oxygens (including phenoxy) is 4. The average molecular weight is 759 g/mol. The lowest BCUT2D eigenvalue weighted by molar-refractivity contribution is -0.331. The fraction of sp³-hybridized carbons (Fsp3) is 0.949. The Morgan fingerprint density at radius 2 is 1.49 bits per heavy atom. The minimum Gasteiger partial charge on any atom is -0.396 e. The van der Waals surface area contributed by atoms with E-state index in [0.717, 1.165) is 24.8 Å². The molecule has 22 atom stereocenters. The van der Waals surface area contributed by atoms with Crippen LogP contribution in [0.25, 0.3) is 0 Å². The Morgan fingerprint density at radius 1 is 0.830 bits per heavy atom. The lowest BCUT2D eigenvalue weighted by atomic mass is 9.46. The minimum atomic E-state index is -1.60. The van der Waals surface area contributed by atoms with E-state index in [-0.39, 0.29) is 54.0 Å². The first kappa shape index (κ1) is 41.8. The van der Waals surface area contributed by atoms with Crippen molar-refractivity contribution in [1.29, 1.82) is 0 Å². The van der Waals surface area contributed by atoms with Gasteiger partial charge in [0.1, 0.15) is 42.7 Å². The van der Waals surface area contributed by atoms with Gasteiger partial charge >= 0.3 is 0 Å². The summed E-state index contributed by atoms with van der Waals surface area (Å²) in [6.07, 6.45) is -8.79. The summed E-state index contributed by atoms with van der Waals surface area (Å²) in [4.78, 5) is 0. The van der Waals surface area contributed by atoms with Gasteiger partial charge in [-0.1, -0.05) is 39.3 Å². The van der Waals surface area contributed by atoms with Gasteiger partial charge in [0.2, 0.25) is 0 Å². The molecule has 53 heavy (non-hydrogen) atoms. The average Bonchev–Trinajstić information content (AvgIpc) is 3.41. The normalized spacial score (nSPS) is 51.8. The summed E-state index contributed by atoms with van der Waals surface area (Å²) in [5, 5.41) is 106. The second-order valence-corrected chi connectivity index (χ2v) is 18.0. The Morgan fingerprint density at radius 3 is 2.15 bits per heavy atom. The van der Waals surface area contributed by atoms with Crippen molar-refractivity contribution >= 4 is 0 Å². The highest BCUT2D eigenvalue weighted by atomic mass is 16.7. The third kappa shape index (κ3) is 7.42. The lowest BCUT2D eigenvalue weighted by Crippen LogP contribution is -2.62. The van der Waals surface area contributed by atoms with Gasteiger partial charge in [-0.25, -0.2) is 0 Å². The molecule has 0 radical (unpaired) electrons. The van der Waals surface area contributed by atoms with Crippen molar-refractivity contribution in [3.63, 3.8) is 0 Å². The van der Waals surface area contributed by atoms with Crippen LogP contribution >= 0.6 is 0 Å². The maximum Gasteiger partial charge on any atom is 0.186 e. The molecule has 14 heteroatoms. The molecule has 2 saturated heterocycles. The Labute approximate surface area is 312 Å². The highest BCUT2D eigenvalue weighted by molar-refractivity contribution is 5.28. The van der Waals surface area contributed by atoms with E-state index < -0.39 is 97.8 Å². The van der Waals surface area contributed by atoms with Crippen LogP contribution < -0.4 is 0 Å². The molecule has 0 amide bonds. The summed E-state index contributed by atoms with van der Waals surface area (Å²) in [5.41, 5.74) is 0.245. The molecular formula is C39H66O14. The molecule has 0 aromatic heterocycles. The zero-order valence-electron chi connectivity index (χ0n) is 31.8. The van der Waals surface area contributed by atoms with E-state index in [1.165, 1.54) is 0 Å². The zero-order valence-corrected chi connectivity index (χ0v) is 31.8. The molecule has 6 aliphatic rings. The fourth-order valence-electron chi connectivity index (χ4n) is 11.7. The number of hydrogen-bond donors (Lipinski definition) is 10. The number of allylic oxidation sites excluding steroid dienone is 1. The van der Waals surface area contributed by atoms with Gasteiger partial charge < -0.3 is 70.0 Å². The van der Waals surface area contributed by atoms with Crippen LogP contribution in [0.1, 0.15) is 86.0 Å². The number of rotatable bonds is 11. The van der Waals surface area contributed by atoms with Crippen LogP contribution in [0.15, 0.2) is 11.6 Å². The van der Waals surface area contributed by atoms with Gasteiger partial charge in [-0.3, -0.25) is 0 Å².